The van der Waals surface area contributed by atoms with Gasteiger partial charge in [0.15, 0.2) is 0 Å². The summed E-state index contributed by atoms with van der Waals surface area (Å²) in [4.78, 5) is 0. The number of para-hydroxylation sites is 1. The Hall–Kier alpha value is -1.84. The van der Waals surface area contributed by atoms with Gasteiger partial charge in [0.1, 0.15) is 5.75 Å². The van der Waals surface area contributed by atoms with Gasteiger partial charge >= 0.3 is 0 Å². The summed E-state index contributed by atoms with van der Waals surface area (Å²) in [7, 11) is 0. The summed E-state index contributed by atoms with van der Waals surface area (Å²) in [6.45, 7) is 8.95. The molecule has 3 nitrogen and oxygen atoms in total. The van der Waals surface area contributed by atoms with Crippen LogP contribution in [0.25, 0.3) is 0 Å². The van der Waals surface area contributed by atoms with Crippen molar-refractivity contribution in [2.75, 3.05) is 13.2 Å². The molecule has 0 aliphatic carbocycles. The molecule has 1 fully saturated rings. The predicted octanol–water partition coefficient (Wildman–Crippen LogP) is 4.71. The second-order valence-electron chi connectivity index (χ2n) is 8.24. The number of benzene rings is 2. The molecule has 1 saturated heterocycles. The van der Waals surface area contributed by atoms with E-state index < -0.39 is 0 Å². The minimum Gasteiger partial charge on any atom is -0.508 e. The second kappa shape index (κ2) is 7.81. The Bertz CT molecular complexity index is 723. The normalized spacial score (nSPS) is 22.3. The lowest BCUT2D eigenvalue weighted by Gasteiger charge is -2.45. The zero-order valence-corrected chi connectivity index (χ0v) is 16.2. The van der Waals surface area contributed by atoms with E-state index in [1.165, 1.54) is 11.1 Å². The zero-order valence-electron chi connectivity index (χ0n) is 16.2. The first-order valence-corrected chi connectivity index (χ1v) is 9.59. The van der Waals surface area contributed by atoms with Crippen LogP contribution >= 0.6 is 0 Å². The number of phenolic OH excluding ortho intramolecular Hbond substituents is 1. The number of hydrogen-bond donors (Lipinski definition) is 2. The van der Waals surface area contributed by atoms with Gasteiger partial charge in [0, 0.05) is 24.1 Å². The molecule has 1 aliphatic rings. The Balaban J connectivity index is 1.70. The first kappa shape index (κ1) is 18.9. The number of aromatic hydroxyl groups is 1. The maximum atomic E-state index is 9.93. The molecule has 26 heavy (non-hydrogen) atoms. The van der Waals surface area contributed by atoms with Gasteiger partial charge in [0.05, 0.1) is 5.60 Å². The van der Waals surface area contributed by atoms with Crippen LogP contribution in [0.3, 0.4) is 0 Å². The van der Waals surface area contributed by atoms with Crippen LogP contribution in [0.4, 0.5) is 0 Å². The molecule has 0 bridgehead atoms. The van der Waals surface area contributed by atoms with Gasteiger partial charge in [-0.3, -0.25) is 0 Å². The predicted molar refractivity (Wildman–Crippen MR) is 107 cm³/mol. The Morgan fingerprint density at radius 1 is 1.08 bits per heavy atom. The van der Waals surface area contributed by atoms with Crippen LogP contribution < -0.4 is 5.32 Å². The number of phenols is 1. The summed E-state index contributed by atoms with van der Waals surface area (Å²) < 4.78 is 6.00. The Labute approximate surface area is 157 Å². The monoisotopic (exact) mass is 353 g/mol. The van der Waals surface area contributed by atoms with Crippen molar-refractivity contribution in [3.63, 3.8) is 0 Å². The number of ether oxygens (including phenoxy) is 1. The van der Waals surface area contributed by atoms with Crippen molar-refractivity contribution in [1.29, 1.82) is 0 Å². The molecule has 1 unspecified atom stereocenters. The summed E-state index contributed by atoms with van der Waals surface area (Å²) in [5.74, 6) is 0.362. The van der Waals surface area contributed by atoms with E-state index in [0.717, 1.165) is 38.0 Å². The highest BCUT2D eigenvalue weighted by atomic mass is 16.5. The lowest BCUT2D eigenvalue weighted by atomic mass is 9.67. The largest absolute Gasteiger partial charge is 0.508 e. The fraction of sp³-hybridized carbons (Fsp3) is 0.478. The van der Waals surface area contributed by atoms with Gasteiger partial charge in [-0.1, -0.05) is 48.0 Å². The maximum absolute atomic E-state index is 9.93. The van der Waals surface area contributed by atoms with Crippen LogP contribution in [0.5, 0.6) is 5.75 Å². The molecule has 2 N–H and O–H groups in total. The molecule has 0 saturated carbocycles. The van der Waals surface area contributed by atoms with E-state index in [-0.39, 0.29) is 11.0 Å². The van der Waals surface area contributed by atoms with Crippen LogP contribution in [0.1, 0.15) is 49.8 Å². The van der Waals surface area contributed by atoms with Crippen LogP contribution in [-0.4, -0.2) is 23.9 Å². The van der Waals surface area contributed by atoms with Gasteiger partial charge in [0.25, 0.3) is 0 Å². The minimum absolute atomic E-state index is 0.0964. The SMILES string of the molecule is Cc1ccc(C2(CCNCc3ccccc3O)CCOC(C)(C)C2)cc1. The molecule has 0 aromatic heterocycles. The van der Waals surface area contributed by atoms with Crippen molar-refractivity contribution in [2.24, 2.45) is 0 Å². The van der Waals surface area contributed by atoms with Crippen molar-refractivity contribution >= 4 is 0 Å². The van der Waals surface area contributed by atoms with E-state index in [0.29, 0.717) is 12.3 Å². The highest BCUT2D eigenvalue weighted by molar-refractivity contribution is 5.32. The third-order valence-corrected chi connectivity index (χ3v) is 5.59. The highest BCUT2D eigenvalue weighted by Crippen LogP contribution is 2.43. The minimum atomic E-state index is -0.0964. The summed E-state index contributed by atoms with van der Waals surface area (Å²) in [6, 6.07) is 16.5. The molecule has 0 amide bonds. The molecule has 140 valence electrons. The zero-order chi connectivity index (χ0) is 18.6. The molecule has 1 heterocycles. The number of hydrogen-bond acceptors (Lipinski definition) is 3. The van der Waals surface area contributed by atoms with Crippen LogP contribution in [0.15, 0.2) is 48.5 Å². The fourth-order valence-electron chi connectivity index (χ4n) is 4.20. The number of rotatable bonds is 6. The standard InChI is InChI=1S/C23H31NO2/c1-18-8-10-20(11-9-18)23(13-15-26-22(2,3)17-23)12-14-24-16-19-6-4-5-7-21(19)25/h4-11,24-25H,12-17H2,1-3H3. The van der Waals surface area contributed by atoms with E-state index >= 15 is 0 Å². The van der Waals surface area contributed by atoms with E-state index in [2.05, 4.69) is 50.4 Å². The summed E-state index contributed by atoms with van der Waals surface area (Å²) in [6.07, 6.45) is 3.15. The Morgan fingerprint density at radius 2 is 1.81 bits per heavy atom. The van der Waals surface area contributed by atoms with Crippen molar-refractivity contribution < 1.29 is 9.84 Å². The summed E-state index contributed by atoms with van der Waals surface area (Å²) in [5.41, 5.74) is 3.71. The van der Waals surface area contributed by atoms with Gasteiger partial charge in [-0.15, -0.1) is 0 Å². The van der Waals surface area contributed by atoms with Crippen LogP contribution in [0, 0.1) is 6.92 Å². The van der Waals surface area contributed by atoms with Gasteiger partial charge in [-0.05, 0) is 58.2 Å². The van der Waals surface area contributed by atoms with Gasteiger partial charge in [0.2, 0.25) is 0 Å². The molecular weight excluding hydrogens is 322 g/mol. The Kier molecular flexibility index (Phi) is 5.69. The number of nitrogens with one attached hydrogen (secondary N) is 1. The topological polar surface area (TPSA) is 41.5 Å². The van der Waals surface area contributed by atoms with Crippen molar-refractivity contribution in [3.8, 4) is 5.75 Å². The van der Waals surface area contributed by atoms with Crippen LogP contribution in [-0.2, 0) is 16.7 Å². The fourth-order valence-corrected chi connectivity index (χ4v) is 4.20. The van der Waals surface area contributed by atoms with Gasteiger partial charge in [-0.25, -0.2) is 0 Å². The molecule has 2 aromatic carbocycles. The molecule has 1 atom stereocenters. The Morgan fingerprint density at radius 3 is 2.50 bits per heavy atom. The van der Waals surface area contributed by atoms with Crippen molar-refractivity contribution in [1.82, 2.24) is 5.32 Å². The van der Waals surface area contributed by atoms with Crippen LogP contribution in [0.2, 0.25) is 0 Å². The lowest BCUT2D eigenvalue weighted by molar-refractivity contribution is -0.0840. The third kappa shape index (κ3) is 4.46. The average molecular weight is 354 g/mol. The lowest BCUT2D eigenvalue weighted by Crippen LogP contribution is -2.45. The molecule has 0 radical (unpaired) electrons. The smallest absolute Gasteiger partial charge is 0.120 e. The molecule has 2 aromatic rings. The first-order valence-electron chi connectivity index (χ1n) is 9.59. The molecule has 3 rings (SSSR count). The first-order chi connectivity index (χ1) is 12.4. The quantitative estimate of drug-likeness (QED) is 0.739. The van der Waals surface area contributed by atoms with E-state index in [1.54, 1.807) is 6.07 Å². The second-order valence-corrected chi connectivity index (χ2v) is 8.24. The molecule has 0 spiro atoms. The highest BCUT2D eigenvalue weighted by Gasteiger charge is 2.41. The maximum Gasteiger partial charge on any atom is 0.120 e. The molecule has 3 heteroatoms. The molecule has 1 aliphatic heterocycles. The summed E-state index contributed by atoms with van der Waals surface area (Å²) in [5, 5.41) is 13.4. The van der Waals surface area contributed by atoms with E-state index in [4.69, 9.17) is 4.74 Å². The van der Waals surface area contributed by atoms with E-state index in [1.807, 2.05) is 18.2 Å². The van der Waals surface area contributed by atoms with Gasteiger partial charge < -0.3 is 15.2 Å². The third-order valence-electron chi connectivity index (χ3n) is 5.59. The number of aryl methyl sites for hydroxylation is 1. The van der Waals surface area contributed by atoms with Crippen molar-refractivity contribution in [3.05, 3.63) is 65.2 Å². The average Bonchev–Trinajstić information content (AvgIpc) is 2.60. The van der Waals surface area contributed by atoms with Gasteiger partial charge in [-0.2, -0.15) is 0 Å². The molecular formula is C23H31NO2. The summed E-state index contributed by atoms with van der Waals surface area (Å²) >= 11 is 0. The van der Waals surface area contributed by atoms with Crippen molar-refractivity contribution in [2.45, 2.75) is 57.6 Å². The van der Waals surface area contributed by atoms with E-state index in [9.17, 15) is 5.11 Å².